The standard InChI is InChI=1S/C27H24F4N6O3S/c28-19-7-3-5-17(13-19)15-24(39)33-26-37-36-25(41-26)10-2-1-8-20-11-12-22(35-34-20)32-23(38)16-18-6-4-9-21(14-18)40-27(29,30)31/h3-7,9,11-14H,1-2,8,10,15-16H2,(H,32,35,38)(H,33,37,39). The van der Waals surface area contributed by atoms with Gasteiger partial charge in [-0.2, -0.15) is 5.10 Å². The highest BCUT2D eigenvalue weighted by atomic mass is 32.1. The van der Waals surface area contributed by atoms with Crippen molar-refractivity contribution in [2.24, 2.45) is 0 Å². The third kappa shape index (κ3) is 10.2. The molecule has 4 aromatic rings. The fourth-order valence-electron chi connectivity index (χ4n) is 3.77. The van der Waals surface area contributed by atoms with Crippen LogP contribution in [-0.2, 0) is 35.3 Å². The van der Waals surface area contributed by atoms with Crippen LogP contribution in [-0.4, -0.2) is 38.6 Å². The molecule has 2 aromatic heterocycles. The summed E-state index contributed by atoms with van der Waals surface area (Å²) in [6.07, 6.45) is -2.06. The van der Waals surface area contributed by atoms with Crippen LogP contribution in [0.2, 0.25) is 0 Å². The summed E-state index contributed by atoms with van der Waals surface area (Å²) < 4.78 is 54.3. The van der Waals surface area contributed by atoms with E-state index in [2.05, 4.69) is 35.8 Å². The summed E-state index contributed by atoms with van der Waals surface area (Å²) in [6.45, 7) is 0. The van der Waals surface area contributed by atoms with E-state index < -0.39 is 23.8 Å². The molecule has 0 spiro atoms. The van der Waals surface area contributed by atoms with Crippen molar-refractivity contribution in [2.75, 3.05) is 10.6 Å². The van der Waals surface area contributed by atoms with Gasteiger partial charge in [-0.25, -0.2) is 4.39 Å². The lowest BCUT2D eigenvalue weighted by molar-refractivity contribution is -0.274. The number of anilines is 2. The lowest BCUT2D eigenvalue weighted by Crippen LogP contribution is -2.18. The molecule has 0 aliphatic rings. The maximum Gasteiger partial charge on any atom is 0.573 e. The summed E-state index contributed by atoms with van der Waals surface area (Å²) in [5.41, 5.74) is 1.64. The van der Waals surface area contributed by atoms with E-state index in [9.17, 15) is 27.2 Å². The number of unbranched alkanes of at least 4 members (excludes halogenated alkanes) is 1. The van der Waals surface area contributed by atoms with E-state index in [4.69, 9.17) is 0 Å². The van der Waals surface area contributed by atoms with E-state index in [0.717, 1.165) is 35.7 Å². The molecule has 0 bridgehead atoms. The maximum atomic E-state index is 13.3. The van der Waals surface area contributed by atoms with Crippen molar-refractivity contribution >= 4 is 34.1 Å². The number of ether oxygens (including phenoxy) is 1. The molecule has 0 aliphatic heterocycles. The molecule has 41 heavy (non-hydrogen) atoms. The first-order valence-corrected chi connectivity index (χ1v) is 13.3. The number of hydrogen-bond acceptors (Lipinski definition) is 8. The minimum atomic E-state index is -4.81. The molecule has 0 saturated carbocycles. The van der Waals surface area contributed by atoms with Crippen LogP contribution in [0.3, 0.4) is 0 Å². The third-order valence-corrected chi connectivity index (χ3v) is 6.42. The Bertz CT molecular complexity index is 1480. The number of rotatable bonds is 12. The van der Waals surface area contributed by atoms with Gasteiger partial charge in [-0.05, 0) is 66.8 Å². The SMILES string of the molecule is O=C(Cc1cccc(OC(F)(F)F)c1)Nc1ccc(CCCCc2nnc(NC(=O)Cc3cccc(F)c3)s2)nn1. The van der Waals surface area contributed by atoms with Crippen LogP contribution in [0.5, 0.6) is 5.75 Å². The Kier molecular flexibility index (Phi) is 9.90. The van der Waals surface area contributed by atoms with E-state index in [1.165, 1.54) is 35.6 Å². The molecule has 214 valence electrons. The zero-order valence-electron chi connectivity index (χ0n) is 21.4. The van der Waals surface area contributed by atoms with E-state index >= 15 is 0 Å². The van der Waals surface area contributed by atoms with Gasteiger partial charge < -0.3 is 15.4 Å². The van der Waals surface area contributed by atoms with Gasteiger partial charge in [-0.15, -0.1) is 28.5 Å². The van der Waals surface area contributed by atoms with Crippen molar-refractivity contribution in [2.45, 2.75) is 44.9 Å². The quantitative estimate of drug-likeness (QED) is 0.170. The molecule has 0 aliphatic carbocycles. The van der Waals surface area contributed by atoms with Gasteiger partial charge in [0.1, 0.15) is 16.6 Å². The van der Waals surface area contributed by atoms with E-state index in [1.54, 1.807) is 24.3 Å². The van der Waals surface area contributed by atoms with Crippen molar-refractivity contribution in [1.82, 2.24) is 20.4 Å². The molecule has 0 unspecified atom stereocenters. The van der Waals surface area contributed by atoms with Gasteiger partial charge in [0, 0.05) is 6.42 Å². The van der Waals surface area contributed by atoms with Gasteiger partial charge in [-0.1, -0.05) is 35.6 Å². The van der Waals surface area contributed by atoms with Gasteiger partial charge >= 0.3 is 6.36 Å². The first-order valence-electron chi connectivity index (χ1n) is 12.4. The molecule has 2 amide bonds. The van der Waals surface area contributed by atoms with Crippen LogP contribution in [0, 0.1) is 5.82 Å². The van der Waals surface area contributed by atoms with Gasteiger partial charge in [0.05, 0.1) is 18.5 Å². The Labute approximate surface area is 236 Å². The molecule has 2 heterocycles. The highest BCUT2D eigenvalue weighted by Gasteiger charge is 2.31. The summed E-state index contributed by atoms with van der Waals surface area (Å²) in [7, 11) is 0. The fraction of sp³-hybridized carbons (Fsp3) is 0.259. The number of nitrogens with zero attached hydrogens (tertiary/aromatic N) is 4. The number of carbonyl (C=O) groups excluding carboxylic acids is 2. The van der Waals surface area contributed by atoms with Crippen molar-refractivity contribution in [3.8, 4) is 5.75 Å². The molecule has 14 heteroatoms. The second kappa shape index (κ2) is 13.7. The fourth-order valence-corrected chi connectivity index (χ4v) is 4.57. The average Bonchev–Trinajstić information content (AvgIpc) is 3.33. The normalized spacial score (nSPS) is 11.2. The zero-order valence-corrected chi connectivity index (χ0v) is 22.3. The molecular weight excluding hydrogens is 564 g/mol. The molecule has 0 atom stereocenters. The first-order chi connectivity index (χ1) is 19.6. The number of halogens is 4. The third-order valence-electron chi connectivity index (χ3n) is 5.52. The van der Waals surface area contributed by atoms with Crippen molar-refractivity contribution in [3.05, 3.63) is 88.3 Å². The summed E-state index contributed by atoms with van der Waals surface area (Å²) >= 11 is 1.28. The average molecular weight is 589 g/mol. The minimum Gasteiger partial charge on any atom is -0.406 e. The molecule has 0 fully saturated rings. The van der Waals surface area contributed by atoms with Gasteiger partial charge in [0.2, 0.25) is 16.9 Å². The lowest BCUT2D eigenvalue weighted by atomic mass is 10.1. The number of aromatic nitrogens is 4. The molecule has 9 nitrogen and oxygen atoms in total. The van der Waals surface area contributed by atoms with Gasteiger partial charge in [0.15, 0.2) is 5.82 Å². The Hall–Kier alpha value is -4.46. The number of aryl methyl sites for hydroxylation is 2. The number of hydrogen-bond donors (Lipinski definition) is 2. The monoisotopic (exact) mass is 588 g/mol. The van der Waals surface area contributed by atoms with E-state index in [-0.39, 0.29) is 24.6 Å². The van der Waals surface area contributed by atoms with Crippen LogP contribution in [0.4, 0.5) is 28.5 Å². The van der Waals surface area contributed by atoms with Crippen molar-refractivity contribution < 1.29 is 31.9 Å². The predicted molar refractivity (Wildman–Crippen MR) is 143 cm³/mol. The molecule has 0 radical (unpaired) electrons. The minimum absolute atomic E-state index is 0.0326. The number of amides is 2. The van der Waals surface area contributed by atoms with Crippen LogP contribution in [0.15, 0.2) is 60.7 Å². The summed E-state index contributed by atoms with van der Waals surface area (Å²) in [6, 6.07) is 14.4. The Morgan fingerprint density at radius 2 is 1.51 bits per heavy atom. The predicted octanol–water partition coefficient (Wildman–Crippen LogP) is 5.29. The van der Waals surface area contributed by atoms with Gasteiger partial charge in [0.25, 0.3) is 0 Å². The summed E-state index contributed by atoms with van der Waals surface area (Å²) in [4.78, 5) is 24.4. The second-order valence-corrected chi connectivity index (χ2v) is 9.96. The molecule has 0 saturated heterocycles. The number of carbonyl (C=O) groups is 2. The van der Waals surface area contributed by atoms with Crippen molar-refractivity contribution in [1.29, 1.82) is 0 Å². The smallest absolute Gasteiger partial charge is 0.406 e. The highest BCUT2D eigenvalue weighted by Crippen LogP contribution is 2.24. The molecule has 4 rings (SSSR count). The Balaban J connectivity index is 1.16. The molecular formula is C27H24F4N6O3S. The van der Waals surface area contributed by atoms with E-state index in [1.807, 2.05) is 0 Å². The van der Waals surface area contributed by atoms with Crippen molar-refractivity contribution in [3.63, 3.8) is 0 Å². The summed E-state index contributed by atoms with van der Waals surface area (Å²) in [5, 5.41) is 22.6. The van der Waals surface area contributed by atoms with Crippen LogP contribution in [0.1, 0.15) is 34.7 Å². The number of alkyl halides is 3. The van der Waals surface area contributed by atoms with Crippen LogP contribution < -0.4 is 15.4 Å². The van der Waals surface area contributed by atoms with Crippen LogP contribution >= 0.6 is 11.3 Å². The van der Waals surface area contributed by atoms with Gasteiger partial charge in [-0.3, -0.25) is 9.59 Å². The topological polar surface area (TPSA) is 119 Å². The second-order valence-electron chi connectivity index (χ2n) is 8.89. The lowest BCUT2D eigenvalue weighted by Gasteiger charge is -2.10. The number of nitrogens with one attached hydrogen (secondary N) is 2. The Morgan fingerprint density at radius 3 is 2.22 bits per heavy atom. The molecule has 2 N–H and O–H groups in total. The molecule has 2 aromatic carbocycles. The van der Waals surface area contributed by atoms with E-state index in [0.29, 0.717) is 29.1 Å². The Morgan fingerprint density at radius 1 is 0.805 bits per heavy atom. The summed E-state index contributed by atoms with van der Waals surface area (Å²) in [5.74, 6) is -1.34. The first kappa shape index (κ1) is 29.5. The highest BCUT2D eigenvalue weighted by molar-refractivity contribution is 7.15. The maximum absolute atomic E-state index is 13.3. The zero-order chi connectivity index (χ0) is 29.2. The largest absolute Gasteiger partial charge is 0.573 e. The van der Waals surface area contributed by atoms with Crippen LogP contribution in [0.25, 0.3) is 0 Å². The number of benzene rings is 2.